The van der Waals surface area contributed by atoms with Crippen LogP contribution in [-0.4, -0.2) is 59.5 Å². The van der Waals surface area contributed by atoms with Gasteiger partial charge in [-0.05, 0) is 50.6 Å². The van der Waals surface area contributed by atoms with Gasteiger partial charge in [-0.15, -0.1) is 0 Å². The predicted molar refractivity (Wildman–Crippen MR) is 119 cm³/mol. The van der Waals surface area contributed by atoms with E-state index in [1.165, 1.54) is 28.0 Å². The first kappa shape index (κ1) is 24.0. The van der Waals surface area contributed by atoms with Crippen LogP contribution in [0.3, 0.4) is 0 Å². The van der Waals surface area contributed by atoms with Crippen LogP contribution in [0, 0.1) is 5.82 Å². The number of hydrogen-bond acceptors (Lipinski definition) is 5. The van der Waals surface area contributed by atoms with Gasteiger partial charge in [0, 0.05) is 26.2 Å². The molecule has 1 aliphatic rings. The first-order valence-electron chi connectivity index (χ1n) is 10.6. The molecule has 0 bridgehead atoms. The van der Waals surface area contributed by atoms with E-state index in [-0.39, 0.29) is 30.8 Å². The minimum Gasteiger partial charge on any atom is -0.488 e. The second-order valence-electron chi connectivity index (χ2n) is 8.72. The van der Waals surface area contributed by atoms with Crippen molar-refractivity contribution in [3.05, 3.63) is 65.0 Å². The molecule has 2 N–H and O–H groups in total. The average Bonchev–Trinajstić information content (AvgIpc) is 2.77. The Morgan fingerprint density at radius 3 is 2.24 bits per heavy atom. The van der Waals surface area contributed by atoms with E-state index in [4.69, 9.17) is 15.2 Å². The molecule has 2 aromatic rings. The van der Waals surface area contributed by atoms with Crippen molar-refractivity contribution < 1.29 is 28.2 Å². The highest BCUT2D eigenvalue weighted by atomic mass is 19.1. The molecular weight excluding hydrogens is 429 g/mol. The minimum atomic E-state index is -0.643. The molecule has 1 saturated heterocycles. The van der Waals surface area contributed by atoms with Crippen molar-refractivity contribution in [2.45, 2.75) is 33.0 Å². The monoisotopic (exact) mass is 457 g/mol. The first-order valence-corrected chi connectivity index (χ1v) is 10.6. The summed E-state index contributed by atoms with van der Waals surface area (Å²) in [6, 6.07) is 10.7. The zero-order valence-corrected chi connectivity index (χ0v) is 19.0. The summed E-state index contributed by atoms with van der Waals surface area (Å²) in [5.74, 6) is -1.42. The molecule has 33 heavy (non-hydrogen) atoms. The lowest BCUT2D eigenvalue weighted by Crippen LogP contribution is -2.51. The van der Waals surface area contributed by atoms with Crippen molar-refractivity contribution >= 4 is 17.9 Å². The summed E-state index contributed by atoms with van der Waals surface area (Å²) in [7, 11) is 0. The summed E-state index contributed by atoms with van der Waals surface area (Å²) >= 11 is 0. The number of nitrogens with two attached hydrogens (primary N) is 1. The van der Waals surface area contributed by atoms with Crippen LogP contribution in [0.15, 0.2) is 42.5 Å². The number of hydrogen-bond donors (Lipinski definition) is 1. The van der Waals surface area contributed by atoms with Crippen molar-refractivity contribution in [1.29, 1.82) is 0 Å². The third-order valence-corrected chi connectivity index (χ3v) is 5.03. The molecule has 0 aromatic heterocycles. The van der Waals surface area contributed by atoms with E-state index in [9.17, 15) is 18.8 Å². The SMILES string of the molecule is CC(C)(C)OC(=O)N1CCN(C(=O)c2cc(COc3ccccc3C(N)=O)ccc2F)CC1. The number of primary amides is 1. The van der Waals surface area contributed by atoms with E-state index in [0.717, 1.165) is 0 Å². The lowest BCUT2D eigenvalue weighted by Gasteiger charge is -2.35. The highest BCUT2D eigenvalue weighted by Crippen LogP contribution is 2.21. The number of para-hydroxylation sites is 1. The number of amides is 3. The fourth-order valence-corrected chi connectivity index (χ4v) is 3.37. The maximum Gasteiger partial charge on any atom is 0.410 e. The average molecular weight is 458 g/mol. The second kappa shape index (κ2) is 9.89. The molecule has 8 nitrogen and oxygen atoms in total. The standard InChI is InChI=1S/C24H28FN3O5/c1-24(2,3)33-23(31)28-12-10-27(11-13-28)22(30)18-14-16(8-9-19(18)25)15-32-20-7-5-4-6-17(20)21(26)29/h4-9,14H,10-13,15H2,1-3H3,(H2,26,29). The Labute approximate surface area is 192 Å². The van der Waals surface area contributed by atoms with Gasteiger partial charge in [-0.25, -0.2) is 9.18 Å². The Morgan fingerprint density at radius 1 is 0.970 bits per heavy atom. The smallest absolute Gasteiger partial charge is 0.410 e. The van der Waals surface area contributed by atoms with Crippen LogP contribution in [-0.2, 0) is 11.3 Å². The van der Waals surface area contributed by atoms with E-state index in [1.807, 2.05) is 0 Å². The molecule has 1 heterocycles. The quantitative estimate of drug-likeness (QED) is 0.743. The fourth-order valence-electron chi connectivity index (χ4n) is 3.37. The molecule has 0 aliphatic carbocycles. The molecule has 0 saturated carbocycles. The highest BCUT2D eigenvalue weighted by Gasteiger charge is 2.29. The molecule has 176 valence electrons. The van der Waals surface area contributed by atoms with Crippen molar-refractivity contribution in [3.8, 4) is 5.75 Å². The summed E-state index contributed by atoms with van der Waals surface area (Å²) < 4.78 is 25.5. The van der Waals surface area contributed by atoms with Gasteiger partial charge in [-0.1, -0.05) is 18.2 Å². The van der Waals surface area contributed by atoms with Gasteiger partial charge in [0.2, 0.25) is 0 Å². The van der Waals surface area contributed by atoms with Crippen LogP contribution < -0.4 is 10.5 Å². The molecule has 0 spiro atoms. The number of halogens is 1. The molecule has 0 atom stereocenters. The molecule has 1 fully saturated rings. The lowest BCUT2D eigenvalue weighted by atomic mass is 10.1. The maximum atomic E-state index is 14.5. The molecule has 0 radical (unpaired) electrons. The van der Waals surface area contributed by atoms with Gasteiger partial charge < -0.3 is 25.0 Å². The van der Waals surface area contributed by atoms with Crippen LogP contribution >= 0.6 is 0 Å². The van der Waals surface area contributed by atoms with Crippen LogP contribution in [0.1, 0.15) is 47.1 Å². The molecular formula is C24H28FN3O5. The number of carbonyl (C=O) groups excluding carboxylic acids is 3. The summed E-state index contributed by atoms with van der Waals surface area (Å²) in [5.41, 5.74) is 5.47. The maximum absolute atomic E-state index is 14.5. The number of rotatable bonds is 5. The molecule has 3 amide bonds. The van der Waals surface area contributed by atoms with Gasteiger partial charge in [0.05, 0.1) is 11.1 Å². The van der Waals surface area contributed by atoms with E-state index < -0.39 is 29.3 Å². The van der Waals surface area contributed by atoms with E-state index in [2.05, 4.69) is 0 Å². The Hall–Kier alpha value is -3.62. The molecule has 2 aromatic carbocycles. The second-order valence-corrected chi connectivity index (χ2v) is 8.72. The van der Waals surface area contributed by atoms with Gasteiger partial charge >= 0.3 is 6.09 Å². The van der Waals surface area contributed by atoms with Gasteiger partial charge in [-0.2, -0.15) is 0 Å². The summed E-state index contributed by atoms with van der Waals surface area (Å²) in [6.45, 7) is 6.53. The van der Waals surface area contributed by atoms with Crippen molar-refractivity contribution in [2.24, 2.45) is 5.73 Å². The topological polar surface area (TPSA) is 102 Å². The van der Waals surface area contributed by atoms with Crippen LogP contribution in [0.2, 0.25) is 0 Å². The van der Waals surface area contributed by atoms with Gasteiger partial charge in [0.1, 0.15) is 23.8 Å². The zero-order chi connectivity index (χ0) is 24.2. The first-order chi connectivity index (χ1) is 15.5. The van der Waals surface area contributed by atoms with Crippen molar-refractivity contribution in [1.82, 2.24) is 9.80 Å². The zero-order valence-electron chi connectivity index (χ0n) is 19.0. The number of carbonyl (C=O) groups is 3. The number of ether oxygens (including phenoxy) is 2. The Bertz CT molecular complexity index is 1040. The molecule has 3 rings (SSSR count). The van der Waals surface area contributed by atoms with Crippen LogP contribution in [0.25, 0.3) is 0 Å². The minimum absolute atomic E-state index is 0.0251. The lowest BCUT2D eigenvalue weighted by molar-refractivity contribution is 0.0140. The van der Waals surface area contributed by atoms with Gasteiger partial charge in [0.15, 0.2) is 0 Å². The Kier molecular flexibility index (Phi) is 7.20. The van der Waals surface area contributed by atoms with Crippen LogP contribution in [0.4, 0.5) is 9.18 Å². The Morgan fingerprint density at radius 2 is 1.61 bits per heavy atom. The number of piperazine rings is 1. The third kappa shape index (κ3) is 6.21. The Balaban J connectivity index is 1.65. The largest absolute Gasteiger partial charge is 0.488 e. The van der Waals surface area contributed by atoms with Crippen LogP contribution in [0.5, 0.6) is 5.75 Å². The fraction of sp³-hybridized carbons (Fsp3) is 0.375. The van der Waals surface area contributed by atoms with E-state index >= 15 is 0 Å². The molecule has 0 unspecified atom stereocenters. The summed E-state index contributed by atoms with van der Waals surface area (Å²) in [5, 5.41) is 0. The number of nitrogens with zero attached hydrogens (tertiary/aromatic N) is 2. The van der Waals surface area contributed by atoms with E-state index in [1.54, 1.807) is 45.0 Å². The predicted octanol–water partition coefficient (Wildman–Crippen LogP) is 3.20. The van der Waals surface area contributed by atoms with Gasteiger partial charge in [-0.3, -0.25) is 9.59 Å². The summed E-state index contributed by atoms with van der Waals surface area (Å²) in [4.78, 5) is 39.7. The molecule has 9 heteroatoms. The number of benzene rings is 2. The molecule has 1 aliphatic heterocycles. The van der Waals surface area contributed by atoms with E-state index in [0.29, 0.717) is 24.4 Å². The van der Waals surface area contributed by atoms with Gasteiger partial charge in [0.25, 0.3) is 11.8 Å². The summed E-state index contributed by atoms with van der Waals surface area (Å²) in [6.07, 6.45) is -0.434. The highest BCUT2D eigenvalue weighted by molar-refractivity contribution is 5.96. The van der Waals surface area contributed by atoms with Crippen molar-refractivity contribution in [2.75, 3.05) is 26.2 Å². The van der Waals surface area contributed by atoms with Crippen molar-refractivity contribution in [3.63, 3.8) is 0 Å². The normalized spacial score (nSPS) is 14.1. The third-order valence-electron chi connectivity index (χ3n) is 5.03.